The highest BCUT2D eigenvalue weighted by Gasteiger charge is 2.36. The monoisotopic (exact) mass is 528 g/mol. The maximum Gasteiger partial charge on any atom is 0.327 e. The molecule has 10 heteroatoms. The maximum atomic E-state index is 10.1. The first-order valence-corrected chi connectivity index (χ1v) is 13.6. The van der Waals surface area contributed by atoms with E-state index < -0.39 is 29.2 Å². The van der Waals surface area contributed by atoms with Crippen molar-refractivity contribution in [3.8, 4) is 16.9 Å². The Morgan fingerprint density at radius 3 is 1.69 bits per heavy atom. The van der Waals surface area contributed by atoms with E-state index in [0.29, 0.717) is 5.75 Å². The van der Waals surface area contributed by atoms with Gasteiger partial charge in [-0.1, -0.05) is 77.9 Å². The number of hydrogen-bond acceptors (Lipinski definition) is 8. The number of aliphatic hydroxyl groups is 1. The van der Waals surface area contributed by atoms with Crippen molar-refractivity contribution >= 4 is 17.2 Å². The topological polar surface area (TPSA) is 129 Å². The summed E-state index contributed by atoms with van der Waals surface area (Å²) in [4.78, 5) is 36.9. The molecule has 2 rings (SSSR count). The van der Waals surface area contributed by atoms with Gasteiger partial charge in [0.2, 0.25) is 0 Å². The van der Waals surface area contributed by atoms with Crippen LogP contribution in [0.2, 0.25) is 0 Å². The highest BCUT2D eigenvalue weighted by molar-refractivity contribution is 7.39. The highest BCUT2D eigenvalue weighted by Crippen LogP contribution is 2.45. The smallest absolute Gasteiger partial charge is 0.327 e. The molecule has 0 bridgehead atoms. The summed E-state index contributed by atoms with van der Waals surface area (Å²) in [6.45, 7) is 11.5. The molecule has 0 atom stereocenters. The second kappa shape index (κ2) is 12.4. The zero-order chi connectivity index (χ0) is 26.4. The summed E-state index contributed by atoms with van der Waals surface area (Å²) < 4.78 is 16.2. The molecule has 2 aromatic rings. The van der Waals surface area contributed by atoms with Crippen molar-refractivity contribution < 1.29 is 38.5 Å². The fourth-order valence-electron chi connectivity index (χ4n) is 3.86. The third-order valence-corrected chi connectivity index (χ3v) is 6.35. The third-order valence-electron chi connectivity index (χ3n) is 5.63. The highest BCUT2D eigenvalue weighted by atomic mass is 31.2. The van der Waals surface area contributed by atoms with Crippen LogP contribution in [0.15, 0.2) is 42.5 Å². The Kier molecular flexibility index (Phi) is 10.6. The van der Waals surface area contributed by atoms with Crippen LogP contribution in [-0.2, 0) is 19.9 Å². The lowest BCUT2D eigenvalue weighted by molar-refractivity contribution is -0.0165. The Balaban J connectivity index is 2.60. The van der Waals surface area contributed by atoms with Crippen LogP contribution < -0.4 is 4.74 Å². The van der Waals surface area contributed by atoms with Crippen molar-refractivity contribution in [2.24, 2.45) is 5.41 Å². The average Bonchev–Trinajstić information content (AvgIpc) is 2.77. The van der Waals surface area contributed by atoms with Gasteiger partial charge in [-0.15, -0.1) is 0 Å². The Labute approximate surface area is 210 Å². The van der Waals surface area contributed by atoms with Crippen molar-refractivity contribution in [1.29, 1.82) is 0 Å². The second-order valence-corrected chi connectivity index (χ2v) is 12.3. The summed E-state index contributed by atoms with van der Waals surface area (Å²) in [5.74, 6) is 0.604. The molecule has 0 aromatic heterocycles. The number of ether oxygens (including phenoxy) is 1. The molecule has 2 aromatic carbocycles. The standard InChI is InChI=1S/C25H38O8P2/c1-23(2,3)19-12-13-20(22(24(4,5)6)21(19)18-10-8-7-9-11-18)31-15-25(14-26,16-32-34(27)28)17-33-35(29)30/h7-13,26-30H,14-17H2,1-6H3. The molecular formula is C25H38O8P2. The van der Waals surface area contributed by atoms with Crippen molar-refractivity contribution in [2.45, 2.75) is 52.4 Å². The number of rotatable bonds is 11. The van der Waals surface area contributed by atoms with E-state index in [0.717, 1.165) is 16.7 Å². The third kappa shape index (κ3) is 8.43. The first-order chi connectivity index (χ1) is 16.2. The van der Waals surface area contributed by atoms with E-state index in [-0.39, 0.29) is 30.7 Å². The van der Waals surface area contributed by atoms with E-state index in [4.69, 9.17) is 13.8 Å². The molecule has 196 valence electrons. The molecule has 0 spiro atoms. The molecule has 0 unspecified atom stereocenters. The van der Waals surface area contributed by atoms with Gasteiger partial charge in [0, 0.05) is 5.56 Å². The van der Waals surface area contributed by atoms with E-state index in [1.54, 1.807) is 0 Å². The molecule has 0 aliphatic rings. The van der Waals surface area contributed by atoms with Gasteiger partial charge in [0.05, 0.1) is 25.2 Å². The van der Waals surface area contributed by atoms with Gasteiger partial charge < -0.3 is 38.5 Å². The molecule has 35 heavy (non-hydrogen) atoms. The predicted octanol–water partition coefficient (Wildman–Crippen LogP) is 4.76. The van der Waals surface area contributed by atoms with E-state index in [1.165, 1.54) is 5.56 Å². The Morgan fingerprint density at radius 1 is 0.714 bits per heavy atom. The molecule has 0 amide bonds. The van der Waals surface area contributed by atoms with Gasteiger partial charge in [0.1, 0.15) is 12.4 Å². The molecule has 5 N–H and O–H groups in total. The molecule has 0 aliphatic carbocycles. The van der Waals surface area contributed by atoms with Crippen LogP contribution in [0, 0.1) is 5.41 Å². The van der Waals surface area contributed by atoms with E-state index in [1.807, 2.05) is 30.3 Å². The summed E-state index contributed by atoms with van der Waals surface area (Å²) in [5, 5.41) is 10.1. The summed E-state index contributed by atoms with van der Waals surface area (Å²) in [5.41, 5.74) is 2.58. The van der Waals surface area contributed by atoms with E-state index in [2.05, 4.69) is 53.7 Å². The lowest BCUT2D eigenvalue weighted by atomic mass is 9.74. The Bertz CT molecular complexity index is 925. The lowest BCUT2D eigenvalue weighted by Crippen LogP contribution is -2.41. The van der Waals surface area contributed by atoms with Crippen molar-refractivity contribution in [2.75, 3.05) is 26.4 Å². The maximum absolute atomic E-state index is 10.1. The minimum absolute atomic E-state index is 0.123. The average molecular weight is 529 g/mol. The van der Waals surface area contributed by atoms with Crippen LogP contribution in [0.5, 0.6) is 5.75 Å². The zero-order valence-corrected chi connectivity index (χ0v) is 23.0. The quantitative estimate of drug-likeness (QED) is 0.264. The van der Waals surface area contributed by atoms with E-state index >= 15 is 0 Å². The minimum atomic E-state index is -2.68. The normalized spacial score (nSPS) is 13.1. The fraction of sp³-hybridized carbons (Fsp3) is 0.520. The van der Waals surface area contributed by atoms with Crippen LogP contribution in [0.25, 0.3) is 11.1 Å². The van der Waals surface area contributed by atoms with Gasteiger partial charge in [-0.2, -0.15) is 0 Å². The van der Waals surface area contributed by atoms with Crippen LogP contribution in [0.3, 0.4) is 0 Å². The lowest BCUT2D eigenvalue weighted by Gasteiger charge is -2.35. The second-order valence-electron chi connectivity index (χ2n) is 10.7. The summed E-state index contributed by atoms with van der Waals surface area (Å²) >= 11 is 0. The summed E-state index contributed by atoms with van der Waals surface area (Å²) in [6.07, 6.45) is 0. The largest absolute Gasteiger partial charge is 0.492 e. The van der Waals surface area contributed by atoms with Gasteiger partial charge >= 0.3 is 17.2 Å². The molecule has 0 heterocycles. The summed E-state index contributed by atoms with van der Waals surface area (Å²) in [7, 11) is -5.36. The molecule has 8 nitrogen and oxygen atoms in total. The SMILES string of the molecule is CC(C)(C)c1ccc(OCC(CO)(COP(O)O)COP(O)O)c(C(C)(C)C)c1-c1ccccc1. The van der Waals surface area contributed by atoms with E-state index in [9.17, 15) is 24.7 Å². The number of hydrogen-bond donors (Lipinski definition) is 5. The van der Waals surface area contributed by atoms with Crippen LogP contribution in [0.1, 0.15) is 52.7 Å². The van der Waals surface area contributed by atoms with Gasteiger partial charge in [0.25, 0.3) is 0 Å². The first kappa shape index (κ1) is 30.0. The minimum Gasteiger partial charge on any atom is -0.492 e. The molecule has 0 aliphatic heterocycles. The Hall–Kier alpha value is -1.18. The molecular weight excluding hydrogens is 490 g/mol. The molecule has 0 saturated heterocycles. The van der Waals surface area contributed by atoms with Gasteiger partial charge in [-0.3, -0.25) is 0 Å². The van der Waals surface area contributed by atoms with Crippen molar-refractivity contribution in [1.82, 2.24) is 0 Å². The predicted molar refractivity (Wildman–Crippen MR) is 139 cm³/mol. The zero-order valence-electron chi connectivity index (χ0n) is 21.2. The Morgan fingerprint density at radius 2 is 1.26 bits per heavy atom. The van der Waals surface area contributed by atoms with Crippen LogP contribution in [0.4, 0.5) is 0 Å². The first-order valence-electron chi connectivity index (χ1n) is 11.3. The summed E-state index contributed by atoms with van der Waals surface area (Å²) in [6, 6.07) is 14.1. The van der Waals surface area contributed by atoms with Gasteiger partial charge in [-0.05, 0) is 33.6 Å². The van der Waals surface area contributed by atoms with Gasteiger partial charge in [-0.25, -0.2) is 0 Å². The molecule has 0 radical (unpaired) electrons. The van der Waals surface area contributed by atoms with Crippen molar-refractivity contribution in [3.05, 3.63) is 53.6 Å². The number of aliphatic hydroxyl groups excluding tert-OH is 1. The van der Waals surface area contributed by atoms with Crippen molar-refractivity contribution in [3.63, 3.8) is 0 Å². The van der Waals surface area contributed by atoms with Crippen LogP contribution >= 0.6 is 17.2 Å². The fourth-order valence-corrected chi connectivity index (χ4v) is 4.64. The molecule has 0 fully saturated rings. The van der Waals surface area contributed by atoms with Crippen LogP contribution in [-0.4, -0.2) is 51.1 Å². The van der Waals surface area contributed by atoms with Gasteiger partial charge in [0.15, 0.2) is 0 Å². The number of benzene rings is 2. The molecule has 0 saturated carbocycles.